The molecule has 0 radical (unpaired) electrons. The molecule has 25 heavy (non-hydrogen) atoms. The number of likely N-dealkylation sites (tertiary alicyclic amines) is 1. The van der Waals surface area contributed by atoms with Gasteiger partial charge in [-0.15, -0.1) is 0 Å². The van der Waals surface area contributed by atoms with Crippen LogP contribution in [0.3, 0.4) is 0 Å². The van der Waals surface area contributed by atoms with E-state index in [9.17, 15) is 0 Å². The molecular weight excluding hydrogens is 318 g/mol. The molecule has 5 heterocycles. The summed E-state index contributed by atoms with van der Waals surface area (Å²) >= 11 is 0. The highest BCUT2D eigenvalue weighted by Gasteiger charge is 2.04. The van der Waals surface area contributed by atoms with Crippen molar-refractivity contribution in [2.45, 2.75) is 38.5 Å². The normalized spacial score (nSPS) is 24.4. The van der Waals surface area contributed by atoms with Crippen molar-refractivity contribution in [3.8, 4) is 0 Å². The van der Waals surface area contributed by atoms with Crippen molar-refractivity contribution in [3.63, 3.8) is 0 Å². The van der Waals surface area contributed by atoms with Crippen LogP contribution in [0.5, 0.6) is 0 Å². The van der Waals surface area contributed by atoms with Crippen molar-refractivity contribution in [1.82, 2.24) is 15.5 Å². The maximum atomic E-state index is 5.07. The third-order valence-corrected chi connectivity index (χ3v) is 4.29. The van der Waals surface area contributed by atoms with Crippen LogP contribution in [0, 0.1) is 0 Å². The lowest BCUT2D eigenvalue weighted by atomic mass is 10.2. The number of hydrogen-bond donors (Lipinski definition) is 2. The number of hydrogen-bond acceptors (Lipinski definition) is 6. The predicted molar refractivity (Wildman–Crippen MR) is 103 cm³/mol. The summed E-state index contributed by atoms with van der Waals surface area (Å²) in [5, 5.41) is 6.27. The van der Waals surface area contributed by atoms with Crippen LogP contribution in [0.2, 0.25) is 0 Å². The second kappa shape index (κ2) is 18.5. The van der Waals surface area contributed by atoms with Crippen molar-refractivity contribution in [2.75, 3.05) is 86.0 Å². The Bertz CT molecular complexity index is 199. The Labute approximate surface area is 155 Å². The molecular formula is C19H41N3O3. The smallest absolute Gasteiger partial charge is 0.0591 e. The Morgan fingerprint density at radius 2 is 0.960 bits per heavy atom. The molecule has 150 valence electrons. The van der Waals surface area contributed by atoms with Gasteiger partial charge >= 0.3 is 0 Å². The minimum atomic E-state index is 0.889. The van der Waals surface area contributed by atoms with Gasteiger partial charge in [0.05, 0.1) is 13.2 Å². The highest BCUT2D eigenvalue weighted by atomic mass is 16.5. The molecule has 0 aromatic rings. The molecule has 5 saturated heterocycles. The highest BCUT2D eigenvalue weighted by Crippen LogP contribution is 2.02. The maximum Gasteiger partial charge on any atom is 0.0591 e. The Hall–Kier alpha value is -0.240. The molecule has 0 aromatic heterocycles. The van der Waals surface area contributed by atoms with Gasteiger partial charge in [0.1, 0.15) is 0 Å². The van der Waals surface area contributed by atoms with E-state index >= 15 is 0 Å². The van der Waals surface area contributed by atoms with Gasteiger partial charge in [-0.1, -0.05) is 0 Å². The third-order valence-electron chi connectivity index (χ3n) is 4.29. The zero-order chi connectivity index (χ0) is 17.8. The number of rotatable bonds is 0. The van der Waals surface area contributed by atoms with E-state index in [1.807, 2.05) is 0 Å². The molecule has 5 fully saturated rings. The standard InChI is InChI=1S/C5H10O.C4H9NO.C4H9N.C3H7N.C3H6O/c1-2-4-6-5-3-1;1-3-6-4-2-5-1;1-5-3-2-4-5;2*1-2-4-3-1/h1-5H2;5H,1-4H2;2-4H2,1H3;4H,1-3H2;1-3H2. The first-order valence-corrected chi connectivity index (χ1v) is 10.2. The summed E-state index contributed by atoms with van der Waals surface area (Å²) in [4.78, 5) is 2.31. The van der Waals surface area contributed by atoms with Crippen LogP contribution in [0.15, 0.2) is 0 Å². The SMILES string of the molecule is C1CCOCC1.C1CNC1.C1COC1.C1COCCN1.CN1CCC1. The van der Waals surface area contributed by atoms with E-state index in [-0.39, 0.29) is 0 Å². The van der Waals surface area contributed by atoms with Crippen LogP contribution in [-0.4, -0.2) is 90.9 Å². The molecule has 6 heteroatoms. The first kappa shape index (κ1) is 22.8. The Morgan fingerprint density at radius 3 is 1.04 bits per heavy atom. The van der Waals surface area contributed by atoms with E-state index in [0.717, 1.165) is 52.7 Å². The second-order valence-corrected chi connectivity index (χ2v) is 6.76. The van der Waals surface area contributed by atoms with Crippen LogP contribution in [0.1, 0.15) is 38.5 Å². The van der Waals surface area contributed by atoms with Gasteiger partial charge in [0, 0.05) is 39.5 Å². The minimum Gasteiger partial charge on any atom is -0.381 e. The average Bonchev–Trinajstić information content (AvgIpc) is 2.54. The molecule has 0 aliphatic carbocycles. The largest absolute Gasteiger partial charge is 0.381 e. The first-order valence-electron chi connectivity index (χ1n) is 10.2. The zero-order valence-corrected chi connectivity index (χ0v) is 16.4. The van der Waals surface area contributed by atoms with Gasteiger partial charge in [0.2, 0.25) is 0 Å². The Balaban J connectivity index is 0.000000158. The van der Waals surface area contributed by atoms with E-state index in [2.05, 4.69) is 22.6 Å². The average molecular weight is 360 g/mol. The molecule has 5 rings (SSSR count). The van der Waals surface area contributed by atoms with E-state index in [1.54, 1.807) is 0 Å². The fourth-order valence-corrected chi connectivity index (χ4v) is 2.00. The zero-order valence-electron chi connectivity index (χ0n) is 16.4. The highest BCUT2D eigenvalue weighted by molar-refractivity contribution is 4.61. The van der Waals surface area contributed by atoms with Crippen LogP contribution >= 0.6 is 0 Å². The topological polar surface area (TPSA) is 55.0 Å². The van der Waals surface area contributed by atoms with Gasteiger partial charge in [-0.25, -0.2) is 0 Å². The van der Waals surface area contributed by atoms with Crippen molar-refractivity contribution < 1.29 is 14.2 Å². The summed E-state index contributed by atoms with van der Waals surface area (Å²) in [5.41, 5.74) is 0. The van der Waals surface area contributed by atoms with Crippen molar-refractivity contribution >= 4 is 0 Å². The van der Waals surface area contributed by atoms with E-state index in [0.29, 0.717) is 0 Å². The van der Waals surface area contributed by atoms with Crippen LogP contribution in [0.4, 0.5) is 0 Å². The minimum absolute atomic E-state index is 0.889. The lowest BCUT2D eigenvalue weighted by Crippen LogP contribution is -2.32. The molecule has 0 amide bonds. The predicted octanol–water partition coefficient (Wildman–Crippen LogP) is 1.50. The van der Waals surface area contributed by atoms with Gasteiger partial charge in [-0.3, -0.25) is 0 Å². The van der Waals surface area contributed by atoms with Gasteiger partial charge in [0.25, 0.3) is 0 Å². The summed E-state index contributed by atoms with van der Waals surface area (Å²) in [6, 6.07) is 0. The first-order chi connectivity index (χ1) is 12.4. The Kier molecular flexibility index (Phi) is 16.9. The third kappa shape index (κ3) is 17.0. The summed E-state index contributed by atoms with van der Waals surface area (Å²) in [6.45, 7) is 13.0. The molecule has 0 atom stereocenters. The quantitative estimate of drug-likeness (QED) is 0.684. The van der Waals surface area contributed by atoms with Crippen molar-refractivity contribution in [2.24, 2.45) is 0 Å². The lowest BCUT2D eigenvalue weighted by molar-refractivity contribution is 0.0367. The van der Waals surface area contributed by atoms with E-state index < -0.39 is 0 Å². The number of morpholine rings is 1. The van der Waals surface area contributed by atoms with Crippen molar-refractivity contribution in [3.05, 3.63) is 0 Å². The molecule has 0 spiro atoms. The molecule has 0 aromatic carbocycles. The summed E-state index contributed by atoms with van der Waals surface area (Å²) in [7, 11) is 2.14. The second-order valence-electron chi connectivity index (χ2n) is 6.76. The maximum absolute atomic E-state index is 5.07. The number of ether oxygens (including phenoxy) is 3. The summed E-state index contributed by atoms with van der Waals surface area (Å²) in [5.74, 6) is 0. The van der Waals surface area contributed by atoms with Crippen molar-refractivity contribution in [1.29, 1.82) is 0 Å². The fourth-order valence-electron chi connectivity index (χ4n) is 2.00. The molecule has 5 aliphatic heterocycles. The van der Waals surface area contributed by atoms with E-state index in [1.165, 1.54) is 64.7 Å². The molecule has 2 N–H and O–H groups in total. The fraction of sp³-hybridized carbons (Fsp3) is 1.00. The molecule has 6 nitrogen and oxygen atoms in total. The molecule has 5 aliphatic rings. The molecule has 0 saturated carbocycles. The summed E-state index contributed by atoms with van der Waals surface area (Å²) < 4.78 is 14.8. The van der Waals surface area contributed by atoms with Gasteiger partial charge in [-0.2, -0.15) is 0 Å². The van der Waals surface area contributed by atoms with Gasteiger partial charge in [-0.05, 0) is 71.8 Å². The monoisotopic (exact) mass is 359 g/mol. The van der Waals surface area contributed by atoms with Gasteiger partial charge < -0.3 is 29.7 Å². The molecule has 0 unspecified atom stereocenters. The van der Waals surface area contributed by atoms with Crippen LogP contribution in [0.25, 0.3) is 0 Å². The Morgan fingerprint density at radius 1 is 0.520 bits per heavy atom. The van der Waals surface area contributed by atoms with E-state index in [4.69, 9.17) is 14.2 Å². The van der Waals surface area contributed by atoms with Crippen LogP contribution < -0.4 is 10.6 Å². The van der Waals surface area contributed by atoms with Gasteiger partial charge in [0.15, 0.2) is 0 Å². The molecule has 0 bridgehead atoms. The number of nitrogens with zero attached hydrogens (tertiary/aromatic N) is 1. The number of nitrogens with one attached hydrogen (secondary N) is 2. The summed E-state index contributed by atoms with van der Waals surface area (Å²) in [6.07, 6.45) is 8.01. The van der Waals surface area contributed by atoms with Crippen LogP contribution in [-0.2, 0) is 14.2 Å². The lowest BCUT2D eigenvalue weighted by Gasteiger charge is -2.24.